The Kier molecular flexibility index (Phi) is 7.05. The number of hydrogen-bond acceptors (Lipinski definition) is 9. The van der Waals surface area contributed by atoms with Gasteiger partial charge < -0.3 is 20.4 Å². The predicted octanol–water partition coefficient (Wildman–Crippen LogP) is 1.33. The van der Waals surface area contributed by atoms with Gasteiger partial charge in [0.1, 0.15) is 16.4 Å². The Balaban J connectivity index is 1.71. The number of aromatic nitrogens is 4. The fraction of sp³-hybridized carbons (Fsp3) is 0.118. The highest BCUT2D eigenvalue weighted by Gasteiger charge is 2.18. The first-order valence-electron chi connectivity index (χ1n) is 8.64. The lowest BCUT2D eigenvalue weighted by Crippen LogP contribution is -2.29. The number of hydrogen-bond donors (Lipinski definition) is 5. The fourth-order valence-corrected chi connectivity index (χ4v) is 3.38. The monoisotopic (exact) mass is 463 g/mol. The molecule has 0 unspecified atom stereocenters. The van der Waals surface area contributed by atoms with Crippen LogP contribution in [0.1, 0.15) is 16.2 Å². The number of allylic oxidation sites excluding steroid dienone is 1. The third-order valence-electron chi connectivity index (χ3n) is 3.70. The lowest BCUT2D eigenvalue weighted by molar-refractivity contribution is 0.0963. The van der Waals surface area contributed by atoms with Crippen LogP contribution in [-0.2, 0) is 15.8 Å². The highest BCUT2D eigenvalue weighted by Crippen LogP contribution is 2.36. The summed E-state index contributed by atoms with van der Waals surface area (Å²) in [6.45, 7) is -0.434. The summed E-state index contributed by atoms with van der Waals surface area (Å²) in [6.07, 6.45) is 5.96. The maximum atomic E-state index is 12.6. The highest BCUT2D eigenvalue weighted by molar-refractivity contribution is 7.46. The van der Waals surface area contributed by atoms with E-state index in [2.05, 4.69) is 30.2 Å². The van der Waals surface area contributed by atoms with E-state index < -0.39 is 20.5 Å². The molecule has 0 aliphatic carbocycles. The van der Waals surface area contributed by atoms with Crippen LogP contribution in [-0.4, -0.2) is 48.2 Å². The molecule has 0 atom stereocenters. The standard InChI is InChI=1S/C17H18N7O5PS/c1-19-7-13(15(18)12-4-2-3-5-20-12)22-16(25)14-9-31-17(23-14)11-6-21-24(8-11)10-29-30(26,27)28/h2-9,18-19H,10H2,1H3,(H,22,25)(H2,26,27,28)/b13-7+,18-15?. The van der Waals surface area contributed by atoms with Gasteiger partial charge in [-0.05, 0) is 12.1 Å². The number of thiazole rings is 1. The summed E-state index contributed by atoms with van der Waals surface area (Å²) in [6, 6.07) is 5.13. The van der Waals surface area contributed by atoms with Crippen molar-refractivity contribution in [2.24, 2.45) is 0 Å². The zero-order valence-electron chi connectivity index (χ0n) is 16.1. The summed E-state index contributed by atoms with van der Waals surface area (Å²) >= 11 is 1.19. The van der Waals surface area contributed by atoms with Gasteiger partial charge in [-0.2, -0.15) is 5.10 Å². The van der Waals surface area contributed by atoms with Crippen LogP contribution in [0.15, 0.2) is 54.1 Å². The van der Waals surface area contributed by atoms with Crippen LogP contribution in [0.25, 0.3) is 10.6 Å². The second kappa shape index (κ2) is 9.73. The average molecular weight is 463 g/mol. The molecule has 12 nitrogen and oxygen atoms in total. The molecular weight excluding hydrogens is 445 g/mol. The molecule has 0 bridgehead atoms. The van der Waals surface area contributed by atoms with Gasteiger partial charge in [0.05, 0.1) is 17.6 Å². The van der Waals surface area contributed by atoms with Crippen molar-refractivity contribution in [2.45, 2.75) is 6.73 Å². The normalized spacial score (nSPS) is 11.9. The van der Waals surface area contributed by atoms with Gasteiger partial charge in [-0.15, -0.1) is 11.3 Å². The van der Waals surface area contributed by atoms with E-state index in [1.807, 2.05) is 0 Å². The molecule has 0 aliphatic heterocycles. The molecule has 31 heavy (non-hydrogen) atoms. The number of amides is 1. The Bertz CT molecular complexity index is 1150. The quantitative estimate of drug-likeness (QED) is 0.231. The molecule has 0 fully saturated rings. The van der Waals surface area contributed by atoms with E-state index in [1.165, 1.54) is 34.6 Å². The molecule has 0 aliphatic rings. The zero-order chi connectivity index (χ0) is 22.4. The maximum Gasteiger partial charge on any atom is 0.471 e. The lowest BCUT2D eigenvalue weighted by Gasteiger charge is -2.10. The minimum Gasteiger partial charge on any atom is -0.392 e. The van der Waals surface area contributed by atoms with Gasteiger partial charge in [-0.1, -0.05) is 6.07 Å². The third kappa shape index (κ3) is 6.13. The van der Waals surface area contributed by atoms with Gasteiger partial charge >= 0.3 is 7.82 Å². The van der Waals surface area contributed by atoms with E-state index in [4.69, 9.17) is 15.2 Å². The minimum atomic E-state index is -4.61. The van der Waals surface area contributed by atoms with E-state index in [-0.39, 0.29) is 17.1 Å². The first kappa shape index (κ1) is 22.5. The number of phosphoric ester groups is 1. The molecule has 1 amide bonds. The Labute approximate surface area is 180 Å². The summed E-state index contributed by atoms with van der Waals surface area (Å²) in [7, 11) is -2.97. The molecule has 0 saturated heterocycles. The second-order valence-electron chi connectivity index (χ2n) is 5.95. The van der Waals surface area contributed by atoms with Crippen molar-refractivity contribution >= 4 is 30.8 Å². The summed E-state index contributed by atoms with van der Waals surface area (Å²) in [5.74, 6) is -0.512. The van der Waals surface area contributed by atoms with Gasteiger partial charge in [-0.25, -0.2) is 14.2 Å². The fourth-order valence-electron chi connectivity index (χ4n) is 2.34. The van der Waals surface area contributed by atoms with Gasteiger partial charge in [0.25, 0.3) is 5.91 Å². The van der Waals surface area contributed by atoms with Gasteiger partial charge in [0, 0.05) is 36.6 Å². The molecule has 3 aromatic heterocycles. The summed E-state index contributed by atoms with van der Waals surface area (Å²) in [5.41, 5.74) is 1.34. The lowest BCUT2D eigenvalue weighted by atomic mass is 10.2. The van der Waals surface area contributed by atoms with Gasteiger partial charge in [0.2, 0.25) is 0 Å². The van der Waals surface area contributed by atoms with Crippen molar-refractivity contribution in [1.29, 1.82) is 5.41 Å². The van der Waals surface area contributed by atoms with Crippen molar-refractivity contribution in [1.82, 2.24) is 30.4 Å². The summed E-state index contributed by atoms with van der Waals surface area (Å²) in [4.78, 5) is 38.5. The molecule has 0 spiro atoms. The van der Waals surface area contributed by atoms with Crippen molar-refractivity contribution in [3.8, 4) is 10.6 Å². The van der Waals surface area contributed by atoms with Gasteiger partial charge in [-0.3, -0.25) is 19.7 Å². The Hall–Kier alpha value is -3.22. The minimum absolute atomic E-state index is 0.0325. The molecular formula is C17H18N7O5PS. The molecule has 0 saturated carbocycles. The van der Waals surface area contributed by atoms with Crippen LogP contribution < -0.4 is 10.6 Å². The second-order valence-corrected chi connectivity index (χ2v) is 8.04. The Morgan fingerprint density at radius 2 is 2.19 bits per heavy atom. The zero-order valence-corrected chi connectivity index (χ0v) is 17.8. The van der Waals surface area contributed by atoms with E-state index in [9.17, 15) is 9.36 Å². The van der Waals surface area contributed by atoms with Crippen LogP contribution in [0.5, 0.6) is 0 Å². The molecule has 0 radical (unpaired) electrons. The SMILES string of the molecule is CN/C=C(/NC(=O)c1csc(-c2cnn(COP(=O)(O)O)c2)n1)C(=N)c1ccccn1. The number of carbonyl (C=O) groups excluding carboxylic acids is 1. The number of pyridine rings is 1. The molecule has 14 heteroatoms. The molecule has 3 aromatic rings. The van der Waals surface area contributed by atoms with Crippen LogP contribution in [0, 0.1) is 5.41 Å². The number of phosphoric acid groups is 1. The molecule has 3 rings (SSSR count). The summed E-state index contributed by atoms with van der Waals surface area (Å²) in [5, 5.41) is 19.7. The third-order valence-corrected chi connectivity index (χ3v) is 5.05. The maximum absolute atomic E-state index is 12.6. The largest absolute Gasteiger partial charge is 0.471 e. The smallest absolute Gasteiger partial charge is 0.392 e. The molecule has 3 heterocycles. The van der Waals surface area contributed by atoms with Crippen molar-refractivity contribution in [3.05, 3.63) is 65.5 Å². The summed E-state index contributed by atoms with van der Waals surface area (Å²) < 4.78 is 16.4. The van der Waals surface area contributed by atoms with E-state index >= 15 is 0 Å². The van der Waals surface area contributed by atoms with E-state index in [1.54, 1.807) is 36.8 Å². The molecule has 0 aromatic carbocycles. The Morgan fingerprint density at radius 3 is 2.87 bits per heavy atom. The highest BCUT2D eigenvalue weighted by atomic mass is 32.1. The number of nitrogens with one attached hydrogen (secondary N) is 3. The Morgan fingerprint density at radius 1 is 1.39 bits per heavy atom. The molecule has 162 valence electrons. The van der Waals surface area contributed by atoms with Crippen molar-refractivity contribution < 1.29 is 23.7 Å². The average Bonchev–Trinajstić information content (AvgIpc) is 3.41. The van der Waals surface area contributed by atoms with Gasteiger partial charge in [0.15, 0.2) is 6.73 Å². The van der Waals surface area contributed by atoms with Crippen LogP contribution in [0.3, 0.4) is 0 Å². The first-order valence-corrected chi connectivity index (χ1v) is 11.1. The molecule has 5 N–H and O–H groups in total. The number of carbonyl (C=O) groups is 1. The van der Waals surface area contributed by atoms with Crippen LogP contribution in [0.2, 0.25) is 0 Å². The van der Waals surface area contributed by atoms with E-state index in [0.29, 0.717) is 16.3 Å². The first-order chi connectivity index (χ1) is 14.8. The topological polar surface area (TPSA) is 175 Å². The van der Waals surface area contributed by atoms with Crippen LogP contribution >= 0.6 is 19.2 Å². The van der Waals surface area contributed by atoms with Crippen molar-refractivity contribution in [3.63, 3.8) is 0 Å². The number of nitrogens with zero attached hydrogens (tertiary/aromatic N) is 4. The van der Waals surface area contributed by atoms with Crippen LogP contribution in [0.4, 0.5) is 0 Å². The van der Waals surface area contributed by atoms with E-state index in [0.717, 1.165) is 0 Å². The number of rotatable bonds is 9. The van der Waals surface area contributed by atoms with Crippen molar-refractivity contribution in [2.75, 3.05) is 7.05 Å². The predicted molar refractivity (Wildman–Crippen MR) is 112 cm³/mol.